The van der Waals surface area contributed by atoms with Gasteiger partial charge in [-0.2, -0.15) is 4.74 Å². The van der Waals surface area contributed by atoms with E-state index in [2.05, 4.69) is 0 Å². The van der Waals surface area contributed by atoms with Gasteiger partial charge in [-0.05, 0) is 18.2 Å². The molecule has 0 aliphatic carbocycles. The molecular formula is C13H10FNO2. The van der Waals surface area contributed by atoms with E-state index in [4.69, 9.17) is 0 Å². The summed E-state index contributed by atoms with van der Waals surface area (Å²) < 4.78 is 13.7. The minimum absolute atomic E-state index is 0.0794. The molecule has 0 heterocycles. The van der Waals surface area contributed by atoms with Gasteiger partial charge in [-0.3, -0.25) is 0 Å². The zero-order valence-electron chi connectivity index (χ0n) is 8.88. The minimum atomic E-state index is -0.483. The van der Waals surface area contributed by atoms with Crippen molar-refractivity contribution in [1.29, 1.82) is 0 Å². The van der Waals surface area contributed by atoms with Crippen LogP contribution in [0.5, 0.6) is 5.75 Å². The van der Waals surface area contributed by atoms with Crippen molar-refractivity contribution in [2.24, 2.45) is 0 Å². The molecule has 0 unspecified atom stereocenters. The second kappa shape index (κ2) is 4.65. The molecule has 2 rings (SSSR count). The van der Waals surface area contributed by atoms with Gasteiger partial charge in [0.2, 0.25) is 0 Å². The predicted molar refractivity (Wildman–Crippen MR) is 63.0 cm³/mol. The van der Waals surface area contributed by atoms with Gasteiger partial charge >= 0.3 is 0 Å². The van der Waals surface area contributed by atoms with Crippen LogP contribution in [0.1, 0.15) is 5.56 Å². The lowest BCUT2D eigenvalue weighted by Gasteiger charge is -2.04. The molecule has 3 nitrogen and oxygen atoms in total. The summed E-state index contributed by atoms with van der Waals surface area (Å²) in [4.78, 5) is 0. The second-order valence-electron chi connectivity index (χ2n) is 3.47. The molecule has 0 aromatic heterocycles. The number of hydrogen-bond donors (Lipinski definition) is 1. The molecule has 0 aliphatic rings. The number of rotatable bonds is 2. The SMILES string of the molecule is [O-][N+](=Cc1ccccc1F)c1ccccc1O. The Kier molecular flexibility index (Phi) is 3.05. The van der Waals surface area contributed by atoms with Crippen molar-refractivity contribution in [2.45, 2.75) is 0 Å². The summed E-state index contributed by atoms with van der Waals surface area (Å²) in [6, 6.07) is 12.0. The van der Waals surface area contributed by atoms with Crippen molar-refractivity contribution in [3.8, 4) is 5.75 Å². The van der Waals surface area contributed by atoms with E-state index in [1.807, 2.05) is 0 Å². The van der Waals surface area contributed by atoms with Crippen LogP contribution >= 0.6 is 0 Å². The standard InChI is InChI=1S/C13H10FNO2/c14-11-6-2-1-5-10(11)9-15(17)12-7-3-4-8-13(12)16/h1-9,16H. The molecule has 0 saturated heterocycles. The molecular weight excluding hydrogens is 221 g/mol. The number of halogens is 1. The third-order valence-corrected chi connectivity index (χ3v) is 2.28. The Hall–Kier alpha value is -2.36. The first kappa shape index (κ1) is 11.1. The van der Waals surface area contributed by atoms with Crippen LogP contribution in [-0.4, -0.2) is 16.1 Å². The lowest BCUT2D eigenvalue weighted by Crippen LogP contribution is -2.00. The Morgan fingerprint density at radius 3 is 2.41 bits per heavy atom. The summed E-state index contributed by atoms with van der Waals surface area (Å²) in [5, 5.41) is 21.2. The molecule has 0 atom stereocenters. The molecule has 0 fully saturated rings. The van der Waals surface area contributed by atoms with E-state index in [1.165, 1.54) is 24.3 Å². The number of phenols is 1. The molecule has 0 radical (unpaired) electrons. The lowest BCUT2D eigenvalue weighted by atomic mass is 10.2. The summed E-state index contributed by atoms with van der Waals surface area (Å²) in [6.45, 7) is 0. The average Bonchev–Trinajstić information content (AvgIpc) is 2.32. The fourth-order valence-corrected chi connectivity index (χ4v) is 1.43. The highest BCUT2D eigenvalue weighted by Gasteiger charge is 2.09. The van der Waals surface area contributed by atoms with Gasteiger partial charge in [-0.1, -0.05) is 24.3 Å². The quantitative estimate of drug-likeness (QED) is 0.374. The molecule has 4 heteroatoms. The van der Waals surface area contributed by atoms with Crippen LogP contribution in [0.4, 0.5) is 10.1 Å². The summed E-state index contributed by atoms with van der Waals surface area (Å²) in [7, 11) is 0. The van der Waals surface area contributed by atoms with Crippen LogP contribution in [0.15, 0.2) is 48.5 Å². The molecule has 17 heavy (non-hydrogen) atoms. The lowest BCUT2D eigenvalue weighted by molar-refractivity contribution is -0.355. The summed E-state index contributed by atoms with van der Waals surface area (Å²) in [5.41, 5.74) is 0.251. The molecule has 0 aliphatic heterocycles. The van der Waals surface area contributed by atoms with Gasteiger partial charge in [0.25, 0.3) is 5.69 Å². The van der Waals surface area contributed by atoms with Gasteiger partial charge in [0.05, 0.1) is 5.56 Å². The van der Waals surface area contributed by atoms with Crippen molar-refractivity contribution in [3.05, 3.63) is 65.1 Å². The molecule has 1 N–H and O–H groups in total. The van der Waals surface area contributed by atoms with Crippen molar-refractivity contribution in [1.82, 2.24) is 0 Å². The normalized spacial score (nSPS) is 11.5. The number of phenolic OH excluding ortho intramolecular Hbond substituents is 1. The molecule has 2 aromatic carbocycles. The van der Waals surface area contributed by atoms with Crippen LogP contribution < -0.4 is 0 Å². The number of hydrogen-bond acceptors (Lipinski definition) is 2. The van der Waals surface area contributed by atoms with Gasteiger partial charge in [0, 0.05) is 6.07 Å². The number of aromatic hydroxyl groups is 1. The molecule has 0 amide bonds. The zero-order chi connectivity index (χ0) is 12.3. The van der Waals surface area contributed by atoms with E-state index in [9.17, 15) is 14.7 Å². The highest BCUT2D eigenvalue weighted by Crippen LogP contribution is 2.24. The van der Waals surface area contributed by atoms with E-state index < -0.39 is 5.82 Å². The first-order chi connectivity index (χ1) is 8.18. The van der Waals surface area contributed by atoms with Crippen LogP contribution in [0.2, 0.25) is 0 Å². The molecule has 0 saturated carbocycles. The van der Waals surface area contributed by atoms with Crippen molar-refractivity contribution in [3.63, 3.8) is 0 Å². The fourth-order valence-electron chi connectivity index (χ4n) is 1.43. The average molecular weight is 231 g/mol. The maximum absolute atomic E-state index is 13.3. The summed E-state index contributed by atoms with van der Waals surface area (Å²) >= 11 is 0. The number of benzene rings is 2. The van der Waals surface area contributed by atoms with E-state index in [0.29, 0.717) is 4.74 Å². The Morgan fingerprint density at radius 2 is 1.71 bits per heavy atom. The Balaban J connectivity index is 2.42. The van der Waals surface area contributed by atoms with Crippen molar-refractivity contribution < 1.29 is 14.2 Å². The number of nitrogens with zero attached hydrogens (tertiary/aromatic N) is 1. The molecule has 86 valence electrons. The minimum Gasteiger partial charge on any atom is -0.618 e. The van der Waals surface area contributed by atoms with Gasteiger partial charge < -0.3 is 10.3 Å². The van der Waals surface area contributed by atoms with Gasteiger partial charge in [0.15, 0.2) is 12.0 Å². The highest BCUT2D eigenvalue weighted by atomic mass is 19.1. The Labute approximate surface area is 97.7 Å². The maximum Gasteiger partial charge on any atom is 0.258 e. The third kappa shape index (κ3) is 2.42. The Bertz CT molecular complexity index is 567. The first-order valence-electron chi connectivity index (χ1n) is 5.02. The first-order valence-corrected chi connectivity index (χ1v) is 5.02. The zero-order valence-corrected chi connectivity index (χ0v) is 8.88. The van der Waals surface area contributed by atoms with E-state index in [1.54, 1.807) is 24.3 Å². The van der Waals surface area contributed by atoms with E-state index in [-0.39, 0.29) is 17.0 Å². The van der Waals surface area contributed by atoms with E-state index >= 15 is 0 Å². The van der Waals surface area contributed by atoms with Crippen LogP contribution in [0.25, 0.3) is 0 Å². The smallest absolute Gasteiger partial charge is 0.258 e. The molecule has 2 aromatic rings. The maximum atomic E-state index is 13.3. The number of para-hydroxylation sites is 2. The second-order valence-corrected chi connectivity index (χ2v) is 3.47. The predicted octanol–water partition coefficient (Wildman–Crippen LogP) is 2.79. The van der Waals surface area contributed by atoms with Crippen molar-refractivity contribution >= 4 is 11.9 Å². The van der Waals surface area contributed by atoms with Crippen LogP contribution in [-0.2, 0) is 0 Å². The topological polar surface area (TPSA) is 46.3 Å². The summed E-state index contributed by atoms with van der Waals surface area (Å²) in [6.07, 6.45) is 1.09. The van der Waals surface area contributed by atoms with Crippen LogP contribution in [0.3, 0.4) is 0 Å². The van der Waals surface area contributed by atoms with Crippen molar-refractivity contribution in [2.75, 3.05) is 0 Å². The van der Waals surface area contributed by atoms with Gasteiger partial charge in [-0.25, -0.2) is 4.39 Å². The monoisotopic (exact) mass is 231 g/mol. The van der Waals surface area contributed by atoms with Gasteiger partial charge in [-0.15, -0.1) is 0 Å². The third-order valence-electron chi connectivity index (χ3n) is 2.28. The largest absolute Gasteiger partial charge is 0.618 e. The molecule has 0 spiro atoms. The van der Waals surface area contributed by atoms with Gasteiger partial charge in [0.1, 0.15) is 5.82 Å². The Morgan fingerprint density at radius 1 is 1.06 bits per heavy atom. The highest BCUT2D eigenvalue weighted by molar-refractivity contribution is 5.77. The van der Waals surface area contributed by atoms with E-state index in [0.717, 1.165) is 6.21 Å². The molecule has 0 bridgehead atoms. The summed E-state index contributed by atoms with van der Waals surface area (Å²) in [5.74, 6) is -0.626. The fraction of sp³-hybridized carbons (Fsp3) is 0. The van der Waals surface area contributed by atoms with Crippen LogP contribution in [0, 0.1) is 11.0 Å².